The zero-order chi connectivity index (χ0) is 12.1. The number of piperidine rings is 1. The molecule has 0 aromatic rings. The molecule has 2 fully saturated rings. The highest BCUT2D eigenvalue weighted by Crippen LogP contribution is 2.07. The van der Waals surface area contributed by atoms with Gasteiger partial charge in [0.1, 0.15) is 0 Å². The summed E-state index contributed by atoms with van der Waals surface area (Å²) in [4.78, 5) is 14.0. The minimum atomic E-state index is 0.0716. The quantitative estimate of drug-likeness (QED) is 0.649. The second kappa shape index (κ2) is 6.30. The second-order valence-corrected chi connectivity index (χ2v) is 4.75. The van der Waals surface area contributed by atoms with Crippen molar-refractivity contribution in [1.82, 2.24) is 15.3 Å². The lowest BCUT2D eigenvalue weighted by molar-refractivity contribution is -0.129. The predicted octanol–water partition coefficient (Wildman–Crippen LogP) is -1.23. The van der Waals surface area contributed by atoms with Gasteiger partial charge >= 0.3 is 0 Å². The summed E-state index contributed by atoms with van der Waals surface area (Å²) in [5, 5.41) is 1.93. The Balaban J connectivity index is 1.66. The van der Waals surface area contributed by atoms with Crippen molar-refractivity contribution in [2.45, 2.75) is 18.9 Å². The number of amides is 1. The predicted molar refractivity (Wildman–Crippen MR) is 64.2 cm³/mol. The minimum absolute atomic E-state index is 0.0716. The second-order valence-electron chi connectivity index (χ2n) is 4.75. The number of carbonyl (C=O) groups excluding carboxylic acids is 1. The number of nitrogens with two attached hydrogens (primary N) is 1. The standard InChI is InChI=1S/C11H22N4O2/c12-10-1-3-14(4-2-10)9-11(16)13-15-5-7-17-8-6-15/h10H,1-9,12H2,(H,13,16). The summed E-state index contributed by atoms with van der Waals surface area (Å²) in [6.45, 7) is 5.27. The summed E-state index contributed by atoms with van der Waals surface area (Å²) in [7, 11) is 0. The molecule has 2 aliphatic heterocycles. The first-order valence-electron chi connectivity index (χ1n) is 6.34. The Kier molecular flexibility index (Phi) is 4.73. The highest BCUT2D eigenvalue weighted by Gasteiger charge is 2.19. The van der Waals surface area contributed by atoms with Gasteiger partial charge in [0.2, 0.25) is 5.91 Å². The summed E-state index contributed by atoms with van der Waals surface area (Å²) in [6, 6.07) is 0.313. The summed E-state index contributed by atoms with van der Waals surface area (Å²) in [6.07, 6.45) is 1.98. The van der Waals surface area contributed by atoms with Crippen LogP contribution in [0.15, 0.2) is 0 Å². The highest BCUT2D eigenvalue weighted by molar-refractivity contribution is 5.77. The third-order valence-corrected chi connectivity index (χ3v) is 3.29. The van der Waals surface area contributed by atoms with E-state index >= 15 is 0 Å². The first kappa shape index (κ1) is 12.8. The number of hydrogen-bond donors (Lipinski definition) is 2. The third kappa shape index (κ3) is 4.23. The van der Waals surface area contributed by atoms with E-state index < -0.39 is 0 Å². The van der Waals surface area contributed by atoms with Gasteiger partial charge in [-0.15, -0.1) is 0 Å². The maximum absolute atomic E-state index is 11.8. The summed E-state index contributed by atoms with van der Waals surface area (Å²) in [5.41, 5.74) is 8.75. The normalized spacial score (nSPS) is 24.8. The molecule has 0 saturated carbocycles. The molecule has 1 amide bonds. The fraction of sp³-hybridized carbons (Fsp3) is 0.909. The maximum Gasteiger partial charge on any atom is 0.248 e. The zero-order valence-electron chi connectivity index (χ0n) is 10.2. The molecular formula is C11H22N4O2. The number of carbonyl (C=O) groups is 1. The number of rotatable bonds is 3. The lowest BCUT2D eigenvalue weighted by Crippen LogP contribution is -2.52. The van der Waals surface area contributed by atoms with Crippen molar-refractivity contribution in [3.05, 3.63) is 0 Å². The molecule has 3 N–H and O–H groups in total. The average Bonchev–Trinajstić information content (AvgIpc) is 2.33. The van der Waals surface area contributed by atoms with E-state index in [2.05, 4.69) is 10.3 Å². The van der Waals surface area contributed by atoms with Gasteiger partial charge in [-0.1, -0.05) is 0 Å². The Hall–Kier alpha value is -0.690. The number of likely N-dealkylation sites (tertiary alicyclic amines) is 1. The van der Waals surface area contributed by atoms with Gasteiger partial charge < -0.3 is 10.5 Å². The lowest BCUT2D eigenvalue weighted by Gasteiger charge is -2.31. The summed E-state index contributed by atoms with van der Waals surface area (Å²) >= 11 is 0. The maximum atomic E-state index is 11.8. The van der Waals surface area contributed by atoms with Gasteiger partial charge in [0.25, 0.3) is 0 Å². The molecular weight excluding hydrogens is 220 g/mol. The topological polar surface area (TPSA) is 70.8 Å². The first-order chi connectivity index (χ1) is 8.24. The van der Waals surface area contributed by atoms with Crippen LogP contribution in [0.5, 0.6) is 0 Å². The van der Waals surface area contributed by atoms with Gasteiger partial charge in [0, 0.05) is 32.2 Å². The van der Waals surface area contributed by atoms with Crippen molar-refractivity contribution < 1.29 is 9.53 Å². The number of nitrogens with one attached hydrogen (secondary N) is 1. The van der Waals surface area contributed by atoms with Gasteiger partial charge in [-0.25, -0.2) is 5.01 Å². The number of hydrogen-bond acceptors (Lipinski definition) is 5. The van der Waals surface area contributed by atoms with Crippen LogP contribution in [-0.4, -0.2) is 67.8 Å². The molecule has 0 aromatic heterocycles. The van der Waals surface area contributed by atoms with E-state index in [9.17, 15) is 4.79 Å². The zero-order valence-corrected chi connectivity index (χ0v) is 10.2. The van der Waals surface area contributed by atoms with Gasteiger partial charge in [-0.05, 0) is 12.8 Å². The molecule has 2 rings (SSSR count). The molecule has 0 aliphatic carbocycles. The van der Waals surface area contributed by atoms with E-state index in [1.807, 2.05) is 5.01 Å². The van der Waals surface area contributed by atoms with Crippen LogP contribution in [-0.2, 0) is 9.53 Å². The van der Waals surface area contributed by atoms with Crippen LogP contribution >= 0.6 is 0 Å². The van der Waals surface area contributed by atoms with Crippen molar-refractivity contribution in [1.29, 1.82) is 0 Å². The molecule has 0 aromatic carbocycles. The molecule has 17 heavy (non-hydrogen) atoms. The summed E-state index contributed by atoms with van der Waals surface area (Å²) in [5.74, 6) is 0.0716. The van der Waals surface area contributed by atoms with Crippen LogP contribution in [0.3, 0.4) is 0 Å². The van der Waals surface area contributed by atoms with E-state index in [-0.39, 0.29) is 5.91 Å². The summed E-state index contributed by atoms with van der Waals surface area (Å²) < 4.78 is 5.23. The van der Waals surface area contributed by atoms with Crippen molar-refractivity contribution in [2.75, 3.05) is 45.9 Å². The van der Waals surface area contributed by atoms with Crippen molar-refractivity contribution in [3.8, 4) is 0 Å². The Morgan fingerprint density at radius 3 is 2.53 bits per heavy atom. The minimum Gasteiger partial charge on any atom is -0.379 e. The fourth-order valence-corrected chi connectivity index (χ4v) is 2.20. The van der Waals surface area contributed by atoms with Crippen LogP contribution in [0.25, 0.3) is 0 Å². The molecule has 98 valence electrons. The van der Waals surface area contributed by atoms with Crippen molar-refractivity contribution in [3.63, 3.8) is 0 Å². The van der Waals surface area contributed by atoms with E-state index in [4.69, 9.17) is 10.5 Å². The Bertz CT molecular complexity index is 248. The van der Waals surface area contributed by atoms with Crippen molar-refractivity contribution >= 4 is 5.91 Å². The number of morpholine rings is 1. The molecule has 2 saturated heterocycles. The molecule has 0 spiro atoms. The Morgan fingerprint density at radius 2 is 1.88 bits per heavy atom. The van der Waals surface area contributed by atoms with Crippen LogP contribution in [0.4, 0.5) is 0 Å². The molecule has 0 radical (unpaired) electrons. The van der Waals surface area contributed by atoms with E-state index in [1.54, 1.807) is 0 Å². The van der Waals surface area contributed by atoms with Gasteiger partial charge in [0.05, 0.1) is 19.8 Å². The highest BCUT2D eigenvalue weighted by atomic mass is 16.5. The smallest absolute Gasteiger partial charge is 0.248 e. The molecule has 6 nitrogen and oxygen atoms in total. The van der Waals surface area contributed by atoms with E-state index in [1.165, 1.54) is 0 Å². The van der Waals surface area contributed by atoms with Gasteiger partial charge in [-0.3, -0.25) is 15.1 Å². The van der Waals surface area contributed by atoms with E-state index in [0.29, 0.717) is 25.8 Å². The molecule has 0 bridgehead atoms. The lowest BCUT2D eigenvalue weighted by atomic mass is 10.1. The number of ether oxygens (including phenoxy) is 1. The average molecular weight is 242 g/mol. The Morgan fingerprint density at radius 1 is 1.24 bits per heavy atom. The SMILES string of the molecule is NC1CCN(CC(=O)NN2CCOCC2)CC1. The molecule has 2 heterocycles. The van der Waals surface area contributed by atoms with Crippen LogP contribution in [0.2, 0.25) is 0 Å². The Labute approximate surface area is 102 Å². The molecule has 6 heteroatoms. The number of nitrogens with zero attached hydrogens (tertiary/aromatic N) is 2. The third-order valence-electron chi connectivity index (χ3n) is 3.29. The van der Waals surface area contributed by atoms with Crippen molar-refractivity contribution in [2.24, 2.45) is 5.73 Å². The molecule has 0 unspecified atom stereocenters. The van der Waals surface area contributed by atoms with E-state index in [0.717, 1.165) is 39.0 Å². The number of hydrazine groups is 1. The monoisotopic (exact) mass is 242 g/mol. The molecule has 0 atom stereocenters. The van der Waals surface area contributed by atoms with Gasteiger partial charge in [-0.2, -0.15) is 0 Å². The fourth-order valence-electron chi connectivity index (χ4n) is 2.20. The molecule has 2 aliphatic rings. The van der Waals surface area contributed by atoms with Crippen LogP contribution in [0, 0.1) is 0 Å². The van der Waals surface area contributed by atoms with Crippen LogP contribution < -0.4 is 11.2 Å². The van der Waals surface area contributed by atoms with Gasteiger partial charge in [0.15, 0.2) is 0 Å². The largest absolute Gasteiger partial charge is 0.379 e. The van der Waals surface area contributed by atoms with Crippen LogP contribution in [0.1, 0.15) is 12.8 Å². The first-order valence-corrected chi connectivity index (χ1v) is 6.34.